The fraction of sp³-hybridized carbons (Fsp3) is 0.357. The topological polar surface area (TPSA) is 38.9 Å². The first-order valence-electron chi connectivity index (χ1n) is 6.11. The maximum Gasteiger partial charge on any atom is 0.0932 e. The Balaban J connectivity index is 2.16. The van der Waals surface area contributed by atoms with E-state index in [1.54, 1.807) is 11.3 Å². The molecule has 2 N–H and O–H groups in total. The number of thiazole rings is 1. The van der Waals surface area contributed by atoms with Crippen LogP contribution in [0.15, 0.2) is 28.1 Å². The lowest BCUT2D eigenvalue weighted by Gasteiger charge is -2.03. The van der Waals surface area contributed by atoms with Crippen LogP contribution in [0.2, 0.25) is 0 Å². The van der Waals surface area contributed by atoms with Gasteiger partial charge in [0.1, 0.15) is 0 Å². The monoisotopic (exact) mass is 324 g/mol. The van der Waals surface area contributed by atoms with Crippen molar-refractivity contribution in [3.05, 3.63) is 38.6 Å². The Labute approximate surface area is 120 Å². The zero-order valence-electron chi connectivity index (χ0n) is 10.4. The van der Waals surface area contributed by atoms with Crippen molar-refractivity contribution in [3.63, 3.8) is 0 Å². The molecule has 0 aliphatic carbocycles. The third-order valence-corrected chi connectivity index (χ3v) is 4.27. The van der Waals surface area contributed by atoms with E-state index in [9.17, 15) is 0 Å². The highest BCUT2D eigenvalue weighted by atomic mass is 79.9. The third-order valence-electron chi connectivity index (χ3n) is 2.87. The molecule has 0 fully saturated rings. The summed E-state index contributed by atoms with van der Waals surface area (Å²) in [4.78, 5) is 4.71. The Bertz CT molecular complexity index is 522. The minimum absolute atomic E-state index is 0.767. The van der Waals surface area contributed by atoms with Crippen molar-refractivity contribution in [1.82, 2.24) is 4.98 Å². The Kier molecular flexibility index (Phi) is 4.92. The number of rotatable bonds is 5. The molecule has 96 valence electrons. The van der Waals surface area contributed by atoms with Gasteiger partial charge in [-0.1, -0.05) is 22.0 Å². The fourth-order valence-electron chi connectivity index (χ4n) is 1.84. The zero-order chi connectivity index (χ0) is 13.0. The lowest BCUT2D eigenvalue weighted by atomic mass is 10.1. The van der Waals surface area contributed by atoms with Crippen LogP contribution in [-0.2, 0) is 6.42 Å². The van der Waals surface area contributed by atoms with Gasteiger partial charge in [0.15, 0.2) is 0 Å². The molecule has 2 aromatic rings. The number of hydrogen-bond donors (Lipinski definition) is 1. The molecule has 1 heterocycles. The molecule has 0 atom stereocenters. The average molecular weight is 325 g/mol. The standard InChI is InChI=1S/C14H17BrN2S/c1-10-5-6-11(15)8-12(10)13-9-18-14(17-13)4-2-3-7-16/h5-6,8-9H,2-4,7,16H2,1H3. The van der Waals surface area contributed by atoms with Gasteiger partial charge in [-0.3, -0.25) is 0 Å². The summed E-state index contributed by atoms with van der Waals surface area (Å²) in [6.07, 6.45) is 3.24. The van der Waals surface area contributed by atoms with Crippen molar-refractivity contribution in [2.45, 2.75) is 26.2 Å². The van der Waals surface area contributed by atoms with Crippen molar-refractivity contribution in [1.29, 1.82) is 0 Å². The Hall–Kier alpha value is -0.710. The molecule has 18 heavy (non-hydrogen) atoms. The van der Waals surface area contributed by atoms with Crippen molar-refractivity contribution >= 4 is 27.3 Å². The van der Waals surface area contributed by atoms with E-state index in [1.165, 1.54) is 16.1 Å². The summed E-state index contributed by atoms with van der Waals surface area (Å²) >= 11 is 5.26. The number of hydrogen-bond acceptors (Lipinski definition) is 3. The summed E-state index contributed by atoms with van der Waals surface area (Å²) in [6, 6.07) is 6.31. The smallest absolute Gasteiger partial charge is 0.0932 e. The van der Waals surface area contributed by atoms with Gasteiger partial charge in [0.25, 0.3) is 0 Å². The summed E-state index contributed by atoms with van der Waals surface area (Å²) in [6.45, 7) is 2.89. The highest BCUT2D eigenvalue weighted by Crippen LogP contribution is 2.28. The molecule has 0 bridgehead atoms. The van der Waals surface area contributed by atoms with E-state index in [-0.39, 0.29) is 0 Å². The fourth-order valence-corrected chi connectivity index (χ4v) is 3.04. The predicted molar refractivity (Wildman–Crippen MR) is 82.0 cm³/mol. The molecule has 4 heteroatoms. The second-order valence-corrected chi connectivity index (χ2v) is 6.19. The second kappa shape index (κ2) is 6.45. The van der Waals surface area contributed by atoms with Crippen LogP contribution < -0.4 is 5.73 Å². The number of benzene rings is 1. The van der Waals surface area contributed by atoms with Gasteiger partial charge in [0.2, 0.25) is 0 Å². The van der Waals surface area contributed by atoms with Crippen LogP contribution in [-0.4, -0.2) is 11.5 Å². The minimum atomic E-state index is 0.767. The second-order valence-electron chi connectivity index (χ2n) is 4.33. The van der Waals surface area contributed by atoms with Gasteiger partial charge in [-0.05, 0) is 50.4 Å². The lowest BCUT2D eigenvalue weighted by Crippen LogP contribution is -1.98. The van der Waals surface area contributed by atoms with E-state index in [4.69, 9.17) is 10.7 Å². The SMILES string of the molecule is Cc1ccc(Br)cc1-c1csc(CCCCN)n1. The van der Waals surface area contributed by atoms with E-state index in [2.05, 4.69) is 46.4 Å². The van der Waals surface area contributed by atoms with Crippen LogP contribution in [0.25, 0.3) is 11.3 Å². The summed E-state index contributed by atoms with van der Waals surface area (Å²) in [5.41, 5.74) is 9.06. The molecule has 0 saturated heterocycles. The van der Waals surface area contributed by atoms with Gasteiger partial charge >= 0.3 is 0 Å². The van der Waals surface area contributed by atoms with Crippen LogP contribution >= 0.6 is 27.3 Å². The van der Waals surface area contributed by atoms with Gasteiger partial charge in [0, 0.05) is 15.4 Å². The van der Waals surface area contributed by atoms with E-state index in [1.807, 2.05) is 0 Å². The number of nitrogens with zero attached hydrogens (tertiary/aromatic N) is 1. The van der Waals surface area contributed by atoms with Crippen molar-refractivity contribution in [2.24, 2.45) is 5.73 Å². The summed E-state index contributed by atoms with van der Waals surface area (Å²) < 4.78 is 1.10. The molecule has 0 saturated carbocycles. The lowest BCUT2D eigenvalue weighted by molar-refractivity contribution is 0.742. The van der Waals surface area contributed by atoms with Gasteiger partial charge in [-0.2, -0.15) is 0 Å². The molecular formula is C14H17BrN2S. The maximum absolute atomic E-state index is 5.50. The highest BCUT2D eigenvalue weighted by molar-refractivity contribution is 9.10. The molecule has 2 nitrogen and oxygen atoms in total. The van der Waals surface area contributed by atoms with Crippen molar-refractivity contribution in [2.75, 3.05) is 6.54 Å². The molecule has 1 aromatic heterocycles. The number of aryl methyl sites for hydroxylation is 2. The first kappa shape index (κ1) is 13.7. The largest absolute Gasteiger partial charge is 0.330 e. The van der Waals surface area contributed by atoms with E-state index in [0.29, 0.717) is 0 Å². The third kappa shape index (κ3) is 3.40. The Morgan fingerprint density at radius 2 is 2.17 bits per heavy atom. The Morgan fingerprint density at radius 1 is 1.33 bits per heavy atom. The molecule has 0 radical (unpaired) electrons. The molecule has 0 aliphatic heterocycles. The summed E-state index contributed by atoms with van der Waals surface area (Å²) in [5, 5.41) is 3.35. The van der Waals surface area contributed by atoms with Crippen molar-refractivity contribution in [3.8, 4) is 11.3 Å². The molecule has 0 aliphatic rings. The zero-order valence-corrected chi connectivity index (χ0v) is 12.9. The number of halogens is 1. The maximum atomic E-state index is 5.50. The Morgan fingerprint density at radius 3 is 2.94 bits per heavy atom. The van der Waals surface area contributed by atoms with Gasteiger partial charge in [-0.25, -0.2) is 4.98 Å². The summed E-state index contributed by atoms with van der Waals surface area (Å²) in [7, 11) is 0. The molecule has 0 spiro atoms. The quantitative estimate of drug-likeness (QED) is 0.838. The van der Waals surface area contributed by atoms with Crippen LogP contribution in [0, 0.1) is 6.92 Å². The van der Waals surface area contributed by atoms with E-state index < -0.39 is 0 Å². The first-order valence-corrected chi connectivity index (χ1v) is 7.79. The van der Waals surface area contributed by atoms with Gasteiger partial charge < -0.3 is 5.73 Å². The molecule has 0 amide bonds. The van der Waals surface area contributed by atoms with Gasteiger partial charge in [-0.15, -0.1) is 11.3 Å². The van der Waals surface area contributed by atoms with E-state index >= 15 is 0 Å². The minimum Gasteiger partial charge on any atom is -0.330 e. The average Bonchev–Trinajstić information content (AvgIpc) is 2.81. The number of nitrogens with two attached hydrogens (primary N) is 1. The van der Waals surface area contributed by atoms with Crippen LogP contribution in [0.4, 0.5) is 0 Å². The first-order chi connectivity index (χ1) is 8.70. The predicted octanol–water partition coefficient (Wildman–Crippen LogP) is 4.16. The van der Waals surface area contributed by atoms with Crippen LogP contribution in [0.1, 0.15) is 23.4 Å². The molecular weight excluding hydrogens is 308 g/mol. The van der Waals surface area contributed by atoms with E-state index in [0.717, 1.165) is 36.0 Å². The number of aromatic nitrogens is 1. The van der Waals surface area contributed by atoms with Crippen molar-refractivity contribution < 1.29 is 0 Å². The van der Waals surface area contributed by atoms with Crippen LogP contribution in [0.3, 0.4) is 0 Å². The van der Waals surface area contributed by atoms with Gasteiger partial charge in [0.05, 0.1) is 10.7 Å². The summed E-state index contributed by atoms with van der Waals surface area (Å²) in [5.74, 6) is 0. The number of unbranched alkanes of at least 4 members (excludes halogenated alkanes) is 1. The molecule has 0 unspecified atom stereocenters. The van der Waals surface area contributed by atoms with Crippen LogP contribution in [0.5, 0.6) is 0 Å². The molecule has 2 rings (SSSR count). The highest BCUT2D eigenvalue weighted by Gasteiger charge is 2.07. The normalized spacial score (nSPS) is 10.8. The molecule has 1 aromatic carbocycles.